The number of carbonyl (C=O) groups is 1. The molecule has 0 aliphatic carbocycles. The van der Waals surface area contributed by atoms with Gasteiger partial charge in [0.15, 0.2) is 11.5 Å². The number of amides is 1. The van der Waals surface area contributed by atoms with Gasteiger partial charge in [-0.05, 0) is 35.7 Å². The second kappa shape index (κ2) is 9.85. The highest BCUT2D eigenvalue weighted by Gasteiger charge is 2.16. The van der Waals surface area contributed by atoms with Crippen molar-refractivity contribution in [1.29, 1.82) is 0 Å². The number of aromatic hydroxyl groups is 1. The molecule has 0 saturated heterocycles. The number of phenolic OH excluding ortho intramolecular Hbond substituents is 1. The lowest BCUT2D eigenvalue weighted by Gasteiger charge is -2.17. The van der Waals surface area contributed by atoms with E-state index in [9.17, 15) is 15.0 Å². The number of aliphatic hydroxyl groups is 1. The quantitative estimate of drug-likeness (QED) is 0.610. The van der Waals surface area contributed by atoms with Gasteiger partial charge in [-0.3, -0.25) is 4.79 Å². The van der Waals surface area contributed by atoms with Crippen molar-refractivity contribution in [3.8, 4) is 23.0 Å². The van der Waals surface area contributed by atoms with Gasteiger partial charge >= 0.3 is 0 Å². The van der Waals surface area contributed by atoms with Gasteiger partial charge in [0.1, 0.15) is 18.5 Å². The molecule has 0 bridgehead atoms. The zero-order valence-corrected chi connectivity index (χ0v) is 16.6. The third kappa shape index (κ3) is 5.29. The number of benzene rings is 2. The van der Waals surface area contributed by atoms with E-state index in [1.165, 1.54) is 14.2 Å². The van der Waals surface area contributed by atoms with Crippen molar-refractivity contribution in [3.05, 3.63) is 47.5 Å². The van der Waals surface area contributed by atoms with Gasteiger partial charge in [0, 0.05) is 6.54 Å². The number of aliphatic hydroxyl groups excluding tert-OH is 1. The van der Waals surface area contributed by atoms with Gasteiger partial charge in [-0.2, -0.15) is 0 Å². The van der Waals surface area contributed by atoms with Crippen LogP contribution in [-0.2, 0) is 0 Å². The Morgan fingerprint density at radius 3 is 2.29 bits per heavy atom. The summed E-state index contributed by atoms with van der Waals surface area (Å²) in [5.74, 6) is 1.01. The van der Waals surface area contributed by atoms with Crippen molar-refractivity contribution < 1.29 is 29.2 Å². The predicted octanol–water partition coefficient (Wildman–Crippen LogP) is 2.70. The van der Waals surface area contributed by atoms with Gasteiger partial charge in [0.05, 0.1) is 19.8 Å². The molecule has 152 valence electrons. The van der Waals surface area contributed by atoms with E-state index in [1.807, 2.05) is 13.8 Å². The number of hydrogen-bond acceptors (Lipinski definition) is 6. The van der Waals surface area contributed by atoms with E-state index in [1.54, 1.807) is 36.4 Å². The molecule has 2 rings (SSSR count). The zero-order valence-electron chi connectivity index (χ0n) is 16.6. The highest BCUT2D eigenvalue weighted by molar-refractivity contribution is 5.96. The molecule has 0 aliphatic heterocycles. The van der Waals surface area contributed by atoms with Crippen LogP contribution in [-0.4, -0.2) is 49.6 Å². The summed E-state index contributed by atoms with van der Waals surface area (Å²) in [6, 6.07) is 10.1. The summed E-state index contributed by atoms with van der Waals surface area (Å²) in [5, 5.41) is 22.8. The number of methoxy groups -OCH3 is 2. The Bertz CT molecular complexity index is 783. The van der Waals surface area contributed by atoms with E-state index >= 15 is 0 Å². The average molecular weight is 389 g/mol. The molecule has 0 heterocycles. The Hall–Kier alpha value is -2.93. The standard InChI is InChI=1S/C21H27NO6/c1-13(2)14-8-9-16(17(24)10-14)21(25)22-11-15(23)12-28-20-18(26-3)6-5-7-19(20)27-4/h5-10,13,15,23-24H,11-12H2,1-4H3,(H,22,25). The Morgan fingerprint density at radius 1 is 1.11 bits per heavy atom. The van der Waals surface area contributed by atoms with E-state index in [-0.39, 0.29) is 30.4 Å². The van der Waals surface area contributed by atoms with Crippen LogP contribution in [0.2, 0.25) is 0 Å². The third-order valence-electron chi connectivity index (χ3n) is 4.23. The van der Waals surface area contributed by atoms with E-state index in [0.717, 1.165) is 5.56 Å². The SMILES string of the molecule is COc1cccc(OC)c1OCC(O)CNC(=O)c1ccc(C(C)C)cc1O. The number of hydrogen-bond donors (Lipinski definition) is 3. The van der Waals surface area contributed by atoms with Crippen LogP contribution < -0.4 is 19.5 Å². The first-order valence-corrected chi connectivity index (χ1v) is 9.00. The molecule has 0 aromatic heterocycles. The highest BCUT2D eigenvalue weighted by atomic mass is 16.5. The molecule has 1 unspecified atom stereocenters. The molecule has 1 amide bonds. The van der Waals surface area contributed by atoms with E-state index < -0.39 is 12.0 Å². The Labute approximate surface area is 164 Å². The molecular formula is C21H27NO6. The number of rotatable bonds is 9. The van der Waals surface area contributed by atoms with Crippen LogP contribution in [0.15, 0.2) is 36.4 Å². The second-order valence-electron chi connectivity index (χ2n) is 6.60. The van der Waals surface area contributed by atoms with Crippen molar-refractivity contribution in [3.63, 3.8) is 0 Å². The fourth-order valence-corrected chi connectivity index (χ4v) is 2.60. The number of para-hydroxylation sites is 1. The normalized spacial score (nSPS) is 11.8. The predicted molar refractivity (Wildman–Crippen MR) is 106 cm³/mol. The lowest BCUT2D eigenvalue weighted by atomic mass is 10.0. The molecule has 7 nitrogen and oxygen atoms in total. The molecule has 0 saturated carbocycles. The van der Waals surface area contributed by atoms with Crippen molar-refractivity contribution in [2.24, 2.45) is 0 Å². The molecule has 2 aromatic carbocycles. The first kappa shape index (κ1) is 21.4. The molecule has 1 atom stereocenters. The zero-order chi connectivity index (χ0) is 20.7. The van der Waals surface area contributed by atoms with Gasteiger partial charge in [-0.25, -0.2) is 0 Å². The average Bonchev–Trinajstić information content (AvgIpc) is 2.69. The maximum absolute atomic E-state index is 12.3. The maximum Gasteiger partial charge on any atom is 0.255 e. The number of ether oxygens (including phenoxy) is 3. The summed E-state index contributed by atoms with van der Waals surface area (Å²) in [5.41, 5.74) is 1.09. The van der Waals surface area contributed by atoms with Crippen LogP contribution in [0.25, 0.3) is 0 Å². The molecule has 0 radical (unpaired) electrons. The van der Waals surface area contributed by atoms with Gasteiger partial charge < -0.3 is 29.7 Å². The Balaban J connectivity index is 1.93. The lowest BCUT2D eigenvalue weighted by Crippen LogP contribution is -2.35. The fourth-order valence-electron chi connectivity index (χ4n) is 2.60. The maximum atomic E-state index is 12.3. The summed E-state index contributed by atoms with van der Waals surface area (Å²) < 4.78 is 16.1. The summed E-state index contributed by atoms with van der Waals surface area (Å²) in [4.78, 5) is 12.3. The Morgan fingerprint density at radius 2 is 1.75 bits per heavy atom. The van der Waals surface area contributed by atoms with Crippen LogP contribution in [0.1, 0.15) is 35.7 Å². The summed E-state index contributed by atoms with van der Waals surface area (Å²) in [7, 11) is 3.02. The molecule has 0 spiro atoms. The molecule has 3 N–H and O–H groups in total. The lowest BCUT2D eigenvalue weighted by molar-refractivity contribution is 0.0831. The van der Waals surface area contributed by atoms with Gasteiger partial charge in [-0.1, -0.05) is 26.0 Å². The van der Waals surface area contributed by atoms with Crippen molar-refractivity contribution in [2.45, 2.75) is 25.9 Å². The minimum atomic E-state index is -0.962. The Kier molecular flexibility index (Phi) is 7.52. The largest absolute Gasteiger partial charge is 0.507 e. The topological polar surface area (TPSA) is 97.3 Å². The molecule has 0 fully saturated rings. The first-order valence-electron chi connectivity index (χ1n) is 9.00. The van der Waals surface area contributed by atoms with Crippen LogP contribution in [0.5, 0.6) is 23.0 Å². The molecule has 28 heavy (non-hydrogen) atoms. The van der Waals surface area contributed by atoms with Crippen molar-refractivity contribution >= 4 is 5.91 Å². The van der Waals surface area contributed by atoms with Gasteiger partial charge in [-0.15, -0.1) is 0 Å². The number of carbonyl (C=O) groups excluding carboxylic acids is 1. The molecule has 7 heteroatoms. The van der Waals surface area contributed by atoms with Crippen LogP contribution >= 0.6 is 0 Å². The van der Waals surface area contributed by atoms with Gasteiger partial charge in [0.25, 0.3) is 5.91 Å². The van der Waals surface area contributed by atoms with E-state index in [4.69, 9.17) is 14.2 Å². The molecule has 0 aliphatic rings. The van der Waals surface area contributed by atoms with Crippen LogP contribution in [0.4, 0.5) is 0 Å². The molecule has 2 aromatic rings. The van der Waals surface area contributed by atoms with Crippen LogP contribution in [0, 0.1) is 0 Å². The minimum Gasteiger partial charge on any atom is -0.507 e. The molecular weight excluding hydrogens is 362 g/mol. The minimum absolute atomic E-state index is 0.0400. The van der Waals surface area contributed by atoms with Crippen molar-refractivity contribution in [1.82, 2.24) is 5.32 Å². The number of phenols is 1. The summed E-state index contributed by atoms with van der Waals surface area (Å²) in [6.07, 6.45) is -0.962. The number of nitrogens with one attached hydrogen (secondary N) is 1. The smallest absolute Gasteiger partial charge is 0.255 e. The van der Waals surface area contributed by atoms with Gasteiger partial charge in [0.2, 0.25) is 5.75 Å². The summed E-state index contributed by atoms with van der Waals surface area (Å²) in [6.45, 7) is 3.89. The second-order valence-corrected chi connectivity index (χ2v) is 6.60. The first-order chi connectivity index (χ1) is 13.4. The fraction of sp³-hybridized carbons (Fsp3) is 0.381. The monoisotopic (exact) mass is 389 g/mol. The van der Waals surface area contributed by atoms with Crippen molar-refractivity contribution in [2.75, 3.05) is 27.4 Å². The van der Waals surface area contributed by atoms with E-state index in [2.05, 4.69) is 5.32 Å². The van der Waals surface area contributed by atoms with E-state index in [0.29, 0.717) is 17.2 Å². The third-order valence-corrected chi connectivity index (χ3v) is 4.23. The van der Waals surface area contributed by atoms with Crippen LogP contribution in [0.3, 0.4) is 0 Å². The summed E-state index contributed by atoms with van der Waals surface area (Å²) >= 11 is 0. The highest BCUT2D eigenvalue weighted by Crippen LogP contribution is 2.36.